The maximum Gasteiger partial charge on any atom is 0.416 e. The number of nitrogens with zero attached hydrogens (tertiary/aromatic N) is 2. The molecule has 148 valence electrons. The van der Waals surface area contributed by atoms with Gasteiger partial charge in [0.25, 0.3) is 5.91 Å². The number of hydrogen-bond acceptors (Lipinski definition) is 5. The summed E-state index contributed by atoms with van der Waals surface area (Å²) in [6.45, 7) is 0. The van der Waals surface area contributed by atoms with Crippen LogP contribution in [-0.2, 0) is 16.2 Å². The van der Waals surface area contributed by atoms with Crippen LogP contribution in [0.25, 0.3) is 10.2 Å². The number of carbonyl (C=O) groups excluding carboxylic acids is 1. The highest BCUT2D eigenvalue weighted by molar-refractivity contribution is 7.89. The van der Waals surface area contributed by atoms with E-state index in [-0.39, 0.29) is 15.6 Å². The molecule has 6 nitrogen and oxygen atoms in total. The Hall–Kier alpha value is -2.50. The van der Waals surface area contributed by atoms with Crippen LogP contribution in [0, 0.1) is 0 Å². The monoisotopic (exact) mass is 429 g/mol. The number of hydrogen-bond donors (Lipinski definition) is 1. The Morgan fingerprint density at radius 2 is 1.75 bits per heavy atom. The zero-order valence-electron chi connectivity index (χ0n) is 14.6. The predicted octanol–water partition coefficient (Wildman–Crippen LogP) is 3.82. The third-order valence-corrected chi connectivity index (χ3v) is 6.58. The van der Waals surface area contributed by atoms with Crippen molar-refractivity contribution in [2.75, 3.05) is 19.4 Å². The minimum absolute atomic E-state index is 0.0446. The molecule has 0 fully saturated rings. The molecule has 2 aromatic carbocycles. The second-order valence-corrected chi connectivity index (χ2v) is 9.15. The number of aromatic nitrogens is 1. The summed E-state index contributed by atoms with van der Waals surface area (Å²) in [6, 6.07) is 8.20. The van der Waals surface area contributed by atoms with Gasteiger partial charge in [0.1, 0.15) is 0 Å². The number of halogens is 3. The standard InChI is InChI=1S/C17H14F3N3O3S2/c1-23(2)28(25,26)12-7-8-13-14(9-12)27-16(21-13)22-15(24)10-3-5-11(6-4-10)17(18,19)20/h3-9H,1-2H3,(H,21,22,24). The maximum absolute atomic E-state index is 12.6. The highest BCUT2D eigenvalue weighted by Gasteiger charge is 2.30. The van der Waals surface area contributed by atoms with Crippen LogP contribution in [0.1, 0.15) is 15.9 Å². The van der Waals surface area contributed by atoms with E-state index in [0.29, 0.717) is 10.2 Å². The predicted molar refractivity (Wildman–Crippen MR) is 99.9 cm³/mol. The minimum atomic E-state index is -4.48. The Balaban J connectivity index is 1.83. The summed E-state index contributed by atoms with van der Waals surface area (Å²) in [5.74, 6) is -0.617. The molecule has 0 radical (unpaired) electrons. The van der Waals surface area contributed by atoms with Gasteiger partial charge in [-0.1, -0.05) is 11.3 Å². The Morgan fingerprint density at radius 1 is 1.11 bits per heavy atom. The topological polar surface area (TPSA) is 79.4 Å². The van der Waals surface area contributed by atoms with Gasteiger partial charge >= 0.3 is 6.18 Å². The molecule has 0 aliphatic rings. The van der Waals surface area contributed by atoms with Gasteiger partial charge in [0.2, 0.25) is 10.0 Å². The summed E-state index contributed by atoms with van der Waals surface area (Å²) in [4.78, 5) is 16.5. The highest BCUT2D eigenvalue weighted by Crippen LogP contribution is 2.30. The molecular weight excluding hydrogens is 415 g/mol. The molecule has 0 spiro atoms. The Bertz CT molecular complexity index is 1140. The lowest BCUT2D eigenvalue weighted by Gasteiger charge is -2.10. The first-order valence-corrected chi connectivity index (χ1v) is 10.1. The van der Waals surface area contributed by atoms with Crippen LogP contribution in [0.15, 0.2) is 47.4 Å². The lowest BCUT2D eigenvalue weighted by molar-refractivity contribution is -0.137. The number of sulfonamides is 1. The van der Waals surface area contributed by atoms with E-state index in [1.807, 2.05) is 0 Å². The average Bonchev–Trinajstić information content (AvgIpc) is 3.02. The van der Waals surface area contributed by atoms with Crippen molar-refractivity contribution in [3.63, 3.8) is 0 Å². The largest absolute Gasteiger partial charge is 0.416 e. The third kappa shape index (κ3) is 4.01. The van der Waals surface area contributed by atoms with Crippen molar-refractivity contribution >= 4 is 42.6 Å². The van der Waals surface area contributed by atoms with Crippen LogP contribution in [0.3, 0.4) is 0 Å². The molecule has 1 amide bonds. The van der Waals surface area contributed by atoms with E-state index in [0.717, 1.165) is 39.9 Å². The molecule has 0 saturated carbocycles. The van der Waals surface area contributed by atoms with Crippen molar-refractivity contribution in [1.29, 1.82) is 0 Å². The van der Waals surface area contributed by atoms with Crippen LogP contribution in [0.4, 0.5) is 18.3 Å². The quantitative estimate of drug-likeness (QED) is 0.684. The number of benzene rings is 2. The van der Waals surface area contributed by atoms with Gasteiger partial charge in [-0.15, -0.1) is 0 Å². The summed E-state index contributed by atoms with van der Waals surface area (Å²) < 4.78 is 63.8. The van der Waals surface area contributed by atoms with Crippen molar-refractivity contribution in [3.8, 4) is 0 Å². The average molecular weight is 429 g/mol. The van der Waals surface area contributed by atoms with Crippen LogP contribution >= 0.6 is 11.3 Å². The maximum atomic E-state index is 12.6. The third-order valence-electron chi connectivity index (χ3n) is 3.83. The first kappa shape index (κ1) is 20.2. The molecule has 0 aliphatic heterocycles. The lowest BCUT2D eigenvalue weighted by atomic mass is 10.1. The van der Waals surface area contributed by atoms with E-state index in [4.69, 9.17) is 0 Å². The number of alkyl halides is 3. The SMILES string of the molecule is CN(C)S(=O)(=O)c1ccc2nc(NC(=O)c3ccc(C(F)(F)F)cc3)sc2c1. The fourth-order valence-electron chi connectivity index (χ4n) is 2.31. The Kier molecular flexibility index (Phi) is 5.17. The summed E-state index contributed by atoms with van der Waals surface area (Å²) in [5.41, 5.74) is -0.313. The molecule has 28 heavy (non-hydrogen) atoms. The summed E-state index contributed by atoms with van der Waals surface area (Å²) in [6.07, 6.45) is -4.48. The van der Waals surface area contributed by atoms with Crippen LogP contribution in [0.2, 0.25) is 0 Å². The Morgan fingerprint density at radius 3 is 2.32 bits per heavy atom. The van der Waals surface area contributed by atoms with E-state index in [2.05, 4.69) is 10.3 Å². The summed E-state index contributed by atoms with van der Waals surface area (Å²) >= 11 is 1.06. The van der Waals surface area contributed by atoms with E-state index in [1.165, 1.54) is 32.3 Å². The van der Waals surface area contributed by atoms with Crippen LogP contribution in [-0.4, -0.2) is 37.7 Å². The number of nitrogens with one attached hydrogen (secondary N) is 1. The fourth-order valence-corrected chi connectivity index (χ4v) is 4.21. The zero-order chi connectivity index (χ0) is 20.7. The molecule has 3 aromatic rings. The van der Waals surface area contributed by atoms with Gasteiger partial charge in [0, 0.05) is 19.7 Å². The molecular formula is C17H14F3N3O3S2. The molecule has 0 bridgehead atoms. The zero-order valence-corrected chi connectivity index (χ0v) is 16.2. The van der Waals surface area contributed by atoms with E-state index >= 15 is 0 Å². The van der Waals surface area contributed by atoms with Crippen LogP contribution in [0.5, 0.6) is 0 Å². The number of thiazole rings is 1. The molecule has 0 unspecified atom stereocenters. The van der Waals surface area contributed by atoms with Crippen molar-refractivity contribution in [3.05, 3.63) is 53.6 Å². The van der Waals surface area contributed by atoms with Gasteiger partial charge < -0.3 is 0 Å². The number of anilines is 1. The van der Waals surface area contributed by atoms with E-state index in [9.17, 15) is 26.4 Å². The fraction of sp³-hybridized carbons (Fsp3) is 0.176. The molecule has 0 atom stereocenters. The van der Waals surface area contributed by atoms with Gasteiger partial charge in [-0.25, -0.2) is 17.7 Å². The summed E-state index contributed by atoms with van der Waals surface area (Å²) in [5, 5.41) is 2.72. The van der Waals surface area contributed by atoms with Gasteiger partial charge in [0.15, 0.2) is 5.13 Å². The Labute approximate surface area is 162 Å². The summed E-state index contributed by atoms with van der Waals surface area (Å²) in [7, 11) is -0.771. The van der Waals surface area contributed by atoms with E-state index in [1.54, 1.807) is 0 Å². The molecule has 3 rings (SSSR count). The van der Waals surface area contributed by atoms with Crippen molar-refractivity contribution in [1.82, 2.24) is 9.29 Å². The van der Waals surface area contributed by atoms with Gasteiger partial charge in [-0.3, -0.25) is 10.1 Å². The second kappa shape index (κ2) is 7.15. The van der Waals surface area contributed by atoms with Crippen LogP contribution < -0.4 is 5.32 Å². The molecule has 11 heteroatoms. The molecule has 1 N–H and O–H groups in total. The molecule has 1 heterocycles. The van der Waals surface area contributed by atoms with Crippen molar-refractivity contribution < 1.29 is 26.4 Å². The second-order valence-electron chi connectivity index (χ2n) is 5.97. The molecule has 0 saturated heterocycles. The molecule has 0 aliphatic carbocycles. The number of rotatable bonds is 4. The lowest BCUT2D eigenvalue weighted by Crippen LogP contribution is -2.22. The highest BCUT2D eigenvalue weighted by atomic mass is 32.2. The van der Waals surface area contributed by atoms with Gasteiger partial charge in [-0.05, 0) is 42.5 Å². The minimum Gasteiger partial charge on any atom is -0.298 e. The van der Waals surface area contributed by atoms with Crippen molar-refractivity contribution in [2.24, 2.45) is 0 Å². The smallest absolute Gasteiger partial charge is 0.298 e. The molecule has 1 aromatic heterocycles. The van der Waals surface area contributed by atoms with Gasteiger partial charge in [0.05, 0.1) is 20.7 Å². The first-order chi connectivity index (χ1) is 13.0. The van der Waals surface area contributed by atoms with E-state index < -0.39 is 27.7 Å². The number of fused-ring (bicyclic) bond motifs is 1. The number of carbonyl (C=O) groups is 1. The van der Waals surface area contributed by atoms with Crippen molar-refractivity contribution in [2.45, 2.75) is 11.1 Å². The normalized spacial score (nSPS) is 12.5. The first-order valence-electron chi connectivity index (χ1n) is 7.80. The van der Waals surface area contributed by atoms with Gasteiger partial charge in [-0.2, -0.15) is 13.2 Å². The number of amides is 1.